The van der Waals surface area contributed by atoms with Crippen molar-refractivity contribution in [3.63, 3.8) is 0 Å². The Morgan fingerprint density at radius 2 is 1.81 bits per heavy atom. The SMILES string of the molecule is CCN([C@H](c1ccc(Cl)cc1)C(F)(F)F)S(=O)(=O)N(C)C1CC(OC)C1. The van der Waals surface area contributed by atoms with Crippen molar-refractivity contribution in [3.8, 4) is 0 Å². The van der Waals surface area contributed by atoms with Crippen LogP contribution < -0.4 is 0 Å². The molecule has 2 rings (SSSR count). The van der Waals surface area contributed by atoms with Crippen LogP contribution in [0.1, 0.15) is 31.4 Å². The van der Waals surface area contributed by atoms with Crippen molar-refractivity contribution in [3.05, 3.63) is 34.9 Å². The third-order valence-corrected chi connectivity index (χ3v) is 7.01. The molecule has 1 saturated carbocycles. The lowest BCUT2D eigenvalue weighted by Crippen LogP contribution is -2.55. The second kappa shape index (κ2) is 8.02. The Kier molecular flexibility index (Phi) is 6.61. The maximum atomic E-state index is 13.8. The standard InChI is InChI=1S/C16H22ClF3N2O3S/c1-4-22(26(23,24)21(2)13-9-14(10-13)25-3)15(16(18,19)20)11-5-7-12(17)8-6-11/h5-8,13-15H,4,9-10H2,1-3H3/t13?,14?,15-/m1/s1. The van der Waals surface area contributed by atoms with Crippen LogP contribution in [0.5, 0.6) is 0 Å². The predicted molar refractivity (Wildman–Crippen MR) is 93.1 cm³/mol. The molecule has 0 spiro atoms. The number of rotatable bonds is 7. The van der Waals surface area contributed by atoms with Gasteiger partial charge in [-0.25, -0.2) is 0 Å². The number of hydrogen-bond acceptors (Lipinski definition) is 3. The van der Waals surface area contributed by atoms with E-state index in [1.807, 2.05) is 0 Å². The van der Waals surface area contributed by atoms with Gasteiger partial charge >= 0.3 is 6.18 Å². The van der Waals surface area contributed by atoms with E-state index in [-0.39, 0.29) is 29.3 Å². The molecule has 0 aliphatic heterocycles. The van der Waals surface area contributed by atoms with E-state index in [2.05, 4.69) is 0 Å². The van der Waals surface area contributed by atoms with Crippen LogP contribution in [0.25, 0.3) is 0 Å². The van der Waals surface area contributed by atoms with Gasteiger partial charge in [-0.15, -0.1) is 0 Å². The Bertz CT molecular complexity index is 706. The molecule has 0 aromatic heterocycles. The Morgan fingerprint density at radius 3 is 2.23 bits per heavy atom. The normalized spacial score (nSPS) is 22.5. The van der Waals surface area contributed by atoms with Crippen LogP contribution in [0.3, 0.4) is 0 Å². The molecule has 0 radical (unpaired) electrons. The van der Waals surface area contributed by atoms with Gasteiger partial charge in [0.1, 0.15) is 6.04 Å². The van der Waals surface area contributed by atoms with Crippen molar-refractivity contribution >= 4 is 21.8 Å². The molecule has 1 aromatic rings. The lowest BCUT2D eigenvalue weighted by molar-refractivity contribution is -0.174. The number of methoxy groups -OCH3 is 1. The van der Waals surface area contributed by atoms with Crippen molar-refractivity contribution in [1.29, 1.82) is 0 Å². The van der Waals surface area contributed by atoms with E-state index >= 15 is 0 Å². The molecule has 10 heteroatoms. The van der Waals surface area contributed by atoms with Crippen LogP contribution in [0.4, 0.5) is 13.2 Å². The largest absolute Gasteiger partial charge is 0.409 e. The highest BCUT2D eigenvalue weighted by Gasteiger charge is 2.50. The molecule has 148 valence electrons. The van der Waals surface area contributed by atoms with E-state index in [0.717, 1.165) is 4.31 Å². The Labute approximate surface area is 156 Å². The smallest absolute Gasteiger partial charge is 0.381 e. The Hall–Kier alpha value is -0.870. The van der Waals surface area contributed by atoms with Crippen LogP contribution in [0, 0.1) is 0 Å². The summed E-state index contributed by atoms with van der Waals surface area (Å²) in [6.45, 7) is 1.07. The predicted octanol–water partition coefficient (Wildman–Crippen LogP) is 3.62. The zero-order chi connectivity index (χ0) is 19.7. The van der Waals surface area contributed by atoms with Gasteiger partial charge in [-0.3, -0.25) is 0 Å². The fourth-order valence-corrected chi connectivity index (χ4v) is 4.86. The molecular weight excluding hydrogens is 393 g/mol. The molecule has 1 aliphatic rings. The summed E-state index contributed by atoms with van der Waals surface area (Å²) in [6.07, 6.45) is -3.92. The molecule has 26 heavy (non-hydrogen) atoms. The average Bonchev–Trinajstić information content (AvgIpc) is 2.51. The monoisotopic (exact) mass is 414 g/mol. The van der Waals surface area contributed by atoms with Crippen LogP contribution in [0.15, 0.2) is 24.3 Å². The number of halogens is 4. The fourth-order valence-electron chi connectivity index (χ4n) is 3.02. The molecule has 1 aliphatic carbocycles. The summed E-state index contributed by atoms with van der Waals surface area (Å²) in [7, 11) is -1.49. The summed E-state index contributed by atoms with van der Waals surface area (Å²) in [5.41, 5.74) is -0.177. The van der Waals surface area contributed by atoms with E-state index in [4.69, 9.17) is 16.3 Å². The third kappa shape index (κ3) is 4.33. The third-order valence-electron chi connectivity index (χ3n) is 4.67. The maximum Gasteiger partial charge on any atom is 0.409 e. The van der Waals surface area contributed by atoms with Crippen LogP contribution in [0.2, 0.25) is 5.02 Å². The zero-order valence-electron chi connectivity index (χ0n) is 14.7. The van der Waals surface area contributed by atoms with Gasteiger partial charge in [-0.1, -0.05) is 30.7 Å². The summed E-state index contributed by atoms with van der Waals surface area (Å²) in [6, 6.07) is 2.36. The molecule has 1 aromatic carbocycles. The molecular formula is C16H22ClF3N2O3S. The second-order valence-corrected chi connectivity index (χ2v) is 8.58. The molecule has 5 nitrogen and oxygen atoms in total. The zero-order valence-corrected chi connectivity index (χ0v) is 16.3. The van der Waals surface area contributed by atoms with Crippen molar-refractivity contribution in [2.24, 2.45) is 0 Å². The minimum absolute atomic E-state index is 0.0672. The first kappa shape index (κ1) is 21.4. The minimum atomic E-state index is -4.77. The molecule has 0 N–H and O–H groups in total. The number of hydrogen-bond donors (Lipinski definition) is 0. The highest BCUT2D eigenvalue weighted by molar-refractivity contribution is 7.86. The van der Waals surface area contributed by atoms with Gasteiger partial charge in [-0.05, 0) is 30.5 Å². The summed E-state index contributed by atoms with van der Waals surface area (Å²) >= 11 is 5.75. The lowest BCUT2D eigenvalue weighted by Gasteiger charge is -2.42. The summed E-state index contributed by atoms with van der Waals surface area (Å²) in [5, 5.41) is 0.276. The number of ether oxygens (including phenoxy) is 1. The summed E-state index contributed by atoms with van der Waals surface area (Å²) < 4.78 is 73.7. The Balaban J connectivity index is 2.36. The van der Waals surface area contributed by atoms with Crippen LogP contribution in [-0.4, -0.2) is 56.1 Å². The minimum Gasteiger partial charge on any atom is -0.381 e. The van der Waals surface area contributed by atoms with Crippen molar-refractivity contribution < 1.29 is 26.3 Å². The molecule has 0 amide bonds. The molecule has 0 saturated heterocycles. The lowest BCUT2D eigenvalue weighted by atomic mass is 9.89. The van der Waals surface area contributed by atoms with Gasteiger partial charge in [0.05, 0.1) is 6.10 Å². The van der Waals surface area contributed by atoms with Crippen molar-refractivity contribution in [2.75, 3.05) is 20.7 Å². The number of alkyl halides is 3. The molecule has 0 unspecified atom stereocenters. The van der Waals surface area contributed by atoms with Gasteiger partial charge in [0, 0.05) is 31.8 Å². The van der Waals surface area contributed by atoms with Gasteiger partial charge in [0.2, 0.25) is 0 Å². The Morgan fingerprint density at radius 1 is 1.27 bits per heavy atom. The van der Waals surface area contributed by atoms with E-state index in [0.29, 0.717) is 17.1 Å². The number of nitrogens with zero attached hydrogens (tertiary/aromatic N) is 2. The second-order valence-electron chi connectivity index (χ2n) is 6.21. The van der Waals surface area contributed by atoms with Crippen molar-refractivity contribution in [1.82, 2.24) is 8.61 Å². The number of benzene rings is 1. The molecule has 1 atom stereocenters. The highest BCUT2D eigenvalue weighted by Crippen LogP contribution is 2.41. The summed E-state index contributed by atoms with van der Waals surface area (Å²) in [5.74, 6) is 0. The molecule has 0 heterocycles. The van der Waals surface area contributed by atoms with E-state index in [1.54, 1.807) is 0 Å². The van der Waals surface area contributed by atoms with Crippen LogP contribution >= 0.6 is 11.6 Å². The van der Waals surface area contributed by atoms with Crippen LogP contribution in [-0.2, 0) is 14.9 Å². The van der Waals surface area contributed by atoms with Gasteiger partial charge in [0.15, 0.2) is 0 Å². The first-order chi connectivity index (χ1) is 12.0. The highest BCUT2D eigenvalue weighted by atomic mass is 35.5. The maximum absolute atomic E-state index is 13.8. The first-order valence-corrected chi connectivity index (χ1v) is 9.89. The fraction of sp³-hybridized carbons (Fsp3) is 0.625. The van der Waals surface area contributed by atoms with Crippen molar-refractivity contribution in [2.45, 2.75) is 44.1 Å². The van der Waals surface area contributed by atoms with E-state index < -0.39 is 22.4 Å². The van der Waals surface area contributed by atoms with E-state index in [1.165, 1.54) is 45.3 Å². The molecule has 1 fully saturated rings. The van der Waals surface area contributed by atoms with Gasteiger partial charge in [0.25, 0.3) is 10.2 Å². The topological polar surface area (TPSA) is 49.9 Å². The van der Waals surface area contributed by atoms with Gasteiger partial charge < -0.3 is 4.74 Å². The van der Waals surface area contributed by atoms with Gasteiger partial charge in [-0.2, -0.15) is 30.2 Å². The molecule has 0 bridgehead atoms. The average molecular weight is 415 g/mol. The quantitative estimate of drug-likeness (QED) is 0.684. The summed E-state index contributed by atoms with van der Waals surface area (Å²) in [4.78, 5) is 0. The van der Waals surface area contributed by atoms with E-state index in [9.17, 15) is 21.6 Å². The first-order valence-electron chi connectivity index (χ1n) is 8.12.